The van der Waals surface area contributed by atoms with E-state index in [2.05, 4.69) is 81.4 Å². The van der Waals surface area contributed by atoms with Crippen molar-refractivity contribution >= 4 is 11.3 Å². The molecular weight excluding hydrogens is 516 g/mol. The highest BCUT2D eigenvalue weighted by Crippen LogP contribution is 2.56. The Labute approximate surface area is 249 Å². The number of benzene rings is 1. The number of hydrogen-bond donors (Lipinski definition) is 0. The molecule has 0 spiro atoms. The summed E-state index contributed by atoms with van der Waals surface area (Å²) in [6.07, 6.45) is 8.26. The first-order valence-electron chi connectivity index (χ1n) is 15.8. The number of rotatable bonds is 14. The standard InChI is InChI=1S/C35H56O4S/c1-11-15-17-25(14-4)23-38-28-21-29(39-22-24(13-3)16-12-2)27(34(5,6)7)20-26(28)32-30-31(37-19-18-36-30)33(40-32)35(8,9)10/h20-21,24-25H,11-19,22-23H2,1-10H3. The van der Waals surface area contributed by atoms with Crippen LogP contribution in [0.5, 0.6) is 23.0 Å². The summed E-state index contributed by atoms with van der Waals surface area (Å²) in [7, 11) is 0. The first-order valence-corrected chi connectivity index (χ1v) is 16.6. The Kier molecular flexibility index (Phi) is 11.7. The molecule has 0 saturated carbocycles. The van der Waals surface area contributed by atoms with Crippen LogP contribution < -0.4 is 18.9 Å². The molecule has 1 aromatic carbocycles. The van der Waals surface area contributed by atoms with Crippen molar-refractivity contribution in [3.8, 4) is 33.4 Å². The van der Waals surface area contributed by atoms with Crippen LogP contribution in [0, 0.1) is 11.8 Å². The van der Waals surface area contributed by atoms with E-state index in [0.29, 0.717) is 31.7 Å². The van der Waals surface area contributed by atoms with Crippen LogP contribution in [0.4, 0.5) is 0 Å². The molecule has 1 aromatic heterocycles. The molecule has 226 valence electrons. The lowest BCUT2D eigenvalue weighted by atomic mass is 9.84. The molecule has 1 aliphatic rings. The number of ether oxygens (including phenoxy) is 4. The summed E-state index contributed by atoms with van der Waals surface area (Å²) in [4.78, 5) is 2.33. The normalized spacial score (nSPS) is 15.2. The van der Waals surface area contributed by atoms with E-state index in [1.54, 1.807) is 11.3 Å². The second-order valence-corrected chi connectivity index (χ2v) is 14.6. The molecule has 0 N–H and O–H groups in total. The molecule has 0 amide bonds. The van der Waals surface area contributed by atoms with E-state index < -0.39 is 0 Å². The highest BCUT2D eigenvalue weighted by atomic mass is 32.1. The van der Waals surface area contributed by atoms with E-state index in [1.165, 1.54) is 42.5 Å². The van der Waals surface area contributed by atoms with Crippen LogP contribution in [0.3, 0.4) is 0 Å². The zero-order valence-electron chi connectivity index (χ0n) is 27.1. The predicted octanol–water partition coefficient (Wildman–Crippen LogP) is 10.6. The molecule has 2 atom stereocenters. The minimum absolute atomic E-state index is 0.0491. The fraction of sp³-hybridized carbons (Fsp3) is 0.714. The van der Waals surface area contributed by atoms with Crippen LogP contribution >= 0.6 is 11.3 Å². The van der Waals surface area contributed by atoms with Crippen molar-refractivity contribution in [2.75, 3.05) is 26.4 Å². The molecule has 4 nitrogen and oxygen atoms in total. The Morgan fingerprint density at radius 3 is 1.90 bits per heavy atom. The molecular formula is C35H56O4S. The van der Waals surface area contributed by atoms with Crippen molar-refractivity contribution in [2.45, 2.75) is 125 Å². The molecule has 2 unspecified atom stereocenters. The van der Waals surface area contributed by atoms with Gasteiger partial charge < -0.3 is 18.9 Å². The third kappa shape index (κ3) is 8.11. The quantitative estimate of drug-likeness (QED) is 0.226. The van der Waals surface area contributed by atoms with Crippen molar-refractivity contribution < 1.29 is 18.9 Å². The monoisotopic (exact) mass is 572 g/mol. The average molecular weight is 573 g/mol. The lowest BCUT2D eigenvalue weighted by Gasteiger charge is -2.27. The number of hydrogen-bond acceptors (Lipinski definition) is 5. The number of fused-ring (bicyclic) bond motifs is 1. The van der Waals surface area contributed by atoms with Gasteiger partial charge in [-0.15, -0.1) is 11.3 Å². The maximum Gasteiger partial charge on any atom is 0.180 e. The van der Waals surface area contributed by atoms with Crippen molar-refractivity contribution in [2.24, 2.45) is 11.8 Å². The molecule has 0 radical (unpaired) electrons. The minimum atomic E-state index is -0.0936. The topological polar surface area (TPSA) is 36.9 Å². The SMILES string of the molecule is CCCCC(CC)COc1cc(OCC(CC)CCC)c(C(C)(C)C)cc1-c1sc(C(C)(C)C)c2c1OCCO2. The van der Waals surface area contributed by atoms with Crippen LogP contribution in [0.25, 0.3) is 10.4 Å². The van der Waals surface area contributed by atoms with Crippen molar-refractivity contribution in [3.05, 3.63) is 22.6 Å². The minimum Gasteiger partial charge on any atom is -0.493 e. The van der Waals surface area contributed by atoms with E-state index in [-0.39, 0.29) is 10.8 Å². The molecule has 2 heterocycles. The lowest BCUT2D eigenvalue weighted by molar-refractivity contribution is 0.171. The zero-order valence-corrected chi connectivity index (χ0v) is 27.9. The first-order chi connectivity index (χ1) is 18.9. The third-order valence-corrected chi connectivity index (χ3v) is 9.59. The van der Waals surface area contributed by atoms with Gasteiger partial charge in [0, 0.05) is 22.6 Å². The van der Waals surface area contributed by atoms with Crippen LogP contribution in [0.15, 0.2) is 12.1 Å². The van der Waals surface area contributed by atoms with Gasteiger partial charge in [-0.1, -0.05) is 101 Å². The van der Waals surface area contributed by atoms with E-state index in [4.69, 9.17) is 18.9 Å². The highest BCUT2D eigenvalue weighted by molar-refractivity contribution is 7.16. The summed E-state index contributed by atoms with van der Waals surface area (Å²) in [6, 6.07) is 4.49. The van der Waals surface area contributed by atoms with Gasteiger partial charge in [-0.05, 0) is 36.2 Å². The fourth-order valence-corrected chi connectivity index (χ4v) is 6.58. The van der Waals surface area contributed by atoms with Crippen LogP contribution in [-0.4, -0.2) is 26.4 Å². The van der Waals surface area contributed by atoms with Crippen LogP contribution in [0.2, 0.25) is 0 Å². The van der Waals surface area contributed by atoms with Crippen molar-refractivity contribution in [1.29, 1.82) is 0 Å². The predicted molar refractivity (Wildman–Crippen MR) is 171 cm³/mol. The van der Waals surface area contributed by atoms with Gasteiger partial charge in [-0.25, -0.2) is 0 Å². The Balaban J connectivity index is 2.16. The molecule has 5 heteroatoms. The maximum absolute atomic E-state index is 6.75. The third-order valence-electron chi connectivity index (χ3n) is 7.98. The molecule has 0 aliphatic carbocycles. The second-order valence-electron chi connectivity index (χ2n) is 13.6. The average Bonchev–Trinajstić information content (AvgIpc) is 3.30. The number of unbranched alkanes of at least 4 members (excludes halogenated alkanes) is 1. The maximum atomic E-state index is 6.75. The van der Waals surface area contributed by atoms with E-state index in [9.17, 15) is 0 Å². The zero-order chi connectivity index (χ0) is 29.5. The molecule has 1 aliphatic heterocycles. The van der Waals surface area contributed by atoms with Gasteiger partial charge in [0.1, 0.15) is 24.7 Å². The molecule has 0 saturated heterocycles. The molecule has 3 rings (SSSR count). The number of thiophene rings is 1. The van der Waals surface area contributed by atoms with Gasteiger partial charge in [0.2, 0.25) is 0 Å². The first kappa shape index (κ1) is 32.6. The summed E-state index contributed by atoms with van der Waals surface area (Å²) in [5.74, 6) is 4.70. The Hall–Kier alpha value is -1.88. The summed E-state index contributed by atoms with van der Waals surface area (Å²) >= 11 is 1.79. The molecule has 0 bridgehead atoms. The van der Waals surface area contributed by atoms with Crippen molar-refractivity contribution in [3.63, 3.8) is 0 Å². The Morgan fingerprint density at radius 2 is 1.35 bits per heavy atom. The smallest absolute Gasteiger partial charge is 0.180 e. The van der Waals surface area contributed by atoms with Crippen molar-refractivity contribution in [1.82, 2.24) is 0 Å². The largest absolute Gasteiger partial charge is 0.493 e. The van der Waals surface area contributed by atoms with Crippen LogP contribution in [0.1, 0.15) is 125 Å². The lowest BCUT2D eigenvalue weighted by Crippen LogP contribution is -2.18. The van der Waals surface area contributed by atoms with E-state index >= 15 is 0 Å². The summed E-state index contributed by atoms with van der Waals surface area (Å²) in [5, 5.41) is 0. The molecule has 40 heavy (non-hydrogen) atoms. The van der Waals surface area contributed by atoms with Gasteiger partial charge in [0.25, 0.3) is 0 Å². The van der Waals surface area contributed by atoms with Gasteiger partial charge in [0.05, 0.1) is 23.0 Å². The summed E-state index contributed by atoms with van der Waals surface area (Å²) in [5.41, 5.74) is 2.15. The van der Waals surface area contributed by atoms with Crippen LogP contribution in [-0.2, 0) is 10.8 Å². The summed E-state index contributed by atoms with van der Waals surface area (Å²) < 4.78 is 25.9. The van der Waals surface area contributed by atoms with E-state index in [0.717, 1.165) is 52.9 Å². The molecule has 0 fully saturated rings. The van der Waals surface area contributed by atoms with Gasteiger partial charge in [-0.3, -0.25) is 0 Å². The van der Waals surface area contributed by atoms with E-state index in [1.807, 2.05) is 0 Å². The summed E-state index contributed by atoms with van der Waals surface area (Å²) in [6.45, 7) is 25.2. The molecule has 2 aromatic rings. The Morgan fingerprint density at radius 1 is 0.750 bits per heavy atom. The fourth-order valence-electron chi connectivity index (χ4n) is 5.31. The van der Waals surface area contributed by atoms with Gasteiger partial charge in [0.15, 0.2) is 11.5 Å². The second kappa shape index (κ2) is 14.3. The highest BCUT2D eigenvalue weighted by Gasteiger charge is 2.34. The van der Waals surface area contributed by atoms with Gasteiger partial charge >= 0.3 is 0 Å². The van der Waals surface area contributed by atoms with Gasteiger partial charge in [-0.2, -0.15) is 0 Å². The Bertz CT molecular complexity index is 1070.